The fraction of sp³-hybridized carbons (Fsp3) is 0.154. The van der Waals surface area contributed by atoms with Crippen molar-refractivity contribution in [3.05, 3.63) is 39.9 Å². The van der Waals surface area contributed by atoms with Crippen LogP contribution in [0.15, 0.2) is 18.2 Å². The van der Waals surface area contributed by atoms with Gasteiger partial charge in [-0.05, 0) is 36.2 Å². The molecule has 8 heteroatoms. The maximum atomic E-state index is 12.2. The second-order valence-electron chi connectivity index (χ2n) is 4.40. The first-order chi connectivity index (χ1) is 10.1. The zero-order valence-corrected chi connectivity index (χ0v) is 11.8. The minimum atomic E-state index is -0.459. The number of aryl methyl sites for hydroxylation is 1. The van der Waals surface area contributed by atoms with Gasteiger partial charge in [0.1, 0.15) is 4.88 Å². The zero-order valence-electron chi connectivity index (χ0n) is 11.0. The molecule has 106 valence electrons. The van der Waals surface area contributed by atoms with Crippen LogP contribution in [-0.2, 0) is 6.42 Å². The van der Waals surface area contributed by atoms with E-state index in [2.05, 4.69) is 20.2 Å². The predicted octanol–water partition coefficient (Wildman–Crippen LogP) is 1.24. The third kappa shape index (κ3) is 2.29. The molecule has 0 unspecified atom stereocenters. The SMILES string of the molecule is CCc1nnsc1C(=O)Nc1ccc2c(c1)C(=O)NC2=O. The Labute approximate surface area is 123 Å². The van der Waals surface area contributed by atoms with Crippen LogP contribution in [0.3, 0.4) is 0 Å². The van der Waals surface area contributed by atoms with Gasteiger partial charge in [-0.2, -0.15) is 0 Å². The number of rotatable bonds is 3. The van der Waals surface area contributed by atoms with Crippen LogP contribution in [0.5, 0.6) is 0 Å². The molecule has 7 nitrogen and oxygen atoms in total. The topological polar surface area (TPSA) is 101 Å². The molecule has 0 aliphatic carbocycles. The summed E-state index contributed by atoms with van der Waals surface area (Å²) in [7, 11) is 0. The summed E-state index contributed by atoms with van der Waals surface area (Å²) in [6.45, 7) is 1.89. The van der Waals surface area contributed by atoms with Crippen molar-refractivity contribution in [1.82, 2.24) is 14.9 Å². The highest BCUT2D eigenvalue weighted by molar-refractivity contribution is 7.08. The summed E-state index contributed by atoms with van der Waals surface area (Å²) in [6.07, 6.45) is 0.611. The molecule has 0 bridgehead atoms. The summed E-state index contributed by atoms with van der Waals surface area (Å²) >= 11 is 1.02. The Morgan fingerprint density at radius 2 is 2.05 bits per heavy atom. The van der Waals surface area contributed by atoms with E-state index in [1.54, 1.807) is 6.07 Å². The van der Waals surface area contributed by atoms with Crippen molar-refractivity contribution in [3.8, 4) is 0 Å². The van der Waals surface area contributed by atoms with Gasteiger partial charge >= 0.3 is 0 Å². The molecule has 2 heterocycles. The van der Waals surface area contributed by atoms with Crippen LogP contribution < -0.4 is 10.6 Å². The largest absolute Gasteiger partial charge is 0.321 e. The predicted molar refractivity (Wildman–Crippen MR) is 75.5 cm³/mol. The lowest BCUT2D eigenvalue weighted by Gasteiger charge is -2.05. The molecule has 2 aromatic rings. The van der Waals surface area contributed by atoms with E-state index in [0.717, 1.165) is 11.5 Å². The van der Waals surface area contributed by atoms with E-state index in [1.807, 2.05) is 6.92 Å². The first kappa shape index (κ1) is 13.4. The van der Waals surface area contributed by atoms with Crippen LogP contribution in [0.2, 0.25) is 0 Å². The van der Waals surface area contributed by atoms with Gasteiger partial charge in [0.2, 0.25) is 0 Å². The van der Waals surface area contributed by atoms with E-state index >= 15 is 0 Å². The number of carbonyl (C=O) groups is 3. The fourth-order valence-corrected chi connectivity index (χ4v) is 2.69. The van der Waals surface area contributed by atoms with Gasteiger partial charge in [0.15, 0.2) is 0 Å². The summed E-state index contributed by atoms with van der Waals surface area (Å²) in [5, 5.41) is 8.76. The maximum Gasteiger partial charge on any atom is 0.269 e. The summed E-state index contributed by atoms with van der Waals surface area (Å²) in [5.74, 6) is -1.21. The second-order valence-corrected chi connectivity index (χ2v) is 5.15. The molecule has 3 rings (SSSR count). The van der Waals surface area contributed by atoms with Gasteiger partial charge in [-0.25, -0.2) is 0 Å². The summed E-state index contributed by atoms with van der Waals surface area (Å²) < 4.78 is 3.76. The molecular formula is C13H10N4O3S. The number of imide groups is 1. The Bertz CT molecular complexity index is 769. The fourth-order valence-electron chi connectivity index (χ4n) is 2.05. The number of aromatic nitrogens is 2. The van der Waals surface area contributed by atoms with Crippen molar-refractivity contribution in [3.63, 3.8) is 0 Å². The smallest absolute Gasteiger partial charge is 0.269 e. The molecule has 2 N–H and O–H groups in total. The lowest BCUT2D eigenvalue weighted by atomic mass is 10.1. The van der Waals surface area contributed by atoms with Crippen molar-refractivity contribution >= 4 is 34.9 Å². The Morgan fingerprint density at radius 3 is 2.81 bits per heavy atom. The Hall–Kier alpha value is -2.61. The van der Waals surface area contributed by atoms with E-state index in [-0.39, 0.29) is 11.5 Å². The zero-order chi connectivity index (χ0) is 15.0. The lowest BCUT2D eigenvalue weighted by molar-refractivity contribution is 0.0878. The van der Waals surface area contributed by atoms with Crippen LogP contribution in [0.4, 0.5) is 5.69 Å². The van der Waals surface area contributed by atoms with Crippen LogP contribution in [-0.4, -0.2) is 27.3 Å². The molecule has 0 saturated carbocycles. The Kier molecular flexibility index (Phi) is 3.22. The molecule has 1 aliphatic heterocycles. The lowest BCUT2D eigenvalue weighted by Crippen LogP contribution is -2.19. The van der Waals surface area contributed by atoms with Gasteiger partial charge in [0, 0.05) is 5.69 Å². The van der Waals surface area contributed by atoms with Crippen LogP contribution in [0, 0.1) is 0 Å². The standard InChI is InChI=1S/C13H10N4O3S/c1-2-9-10(21-17-16-9)13(20)14-6-3-4-7-8(5-6)12(19)15-11(7)18/h3-5H,2H2,1H3,(H,14,20)(H,15,18,19). The molecule has 0 spiro atoms. The molecule has 1 aliphatic rings. The summed E-state index contributed by atoms with van der Waals surface area (Å²) in [6, 6.07) is 4.57. The first-order valence-corrected chi connectivity index (χ1v) is 6.99. The molecule has 0 radical (unpaired) electrons. The number of hydrogen-bond donors (Lipinski definition) is 2. The third-order valence-corrected chi connectivity index (χ3v) is 3.86. The number of nitrogens with one attached hydrogen (secondary N) is 2. The van der Waals surface area contributed by atoms with Crippen LogP contribution >= 0.6 is 11.5 Å². The van der Waals surface area contributed by atoms with Gasteiger partial charge in [-0.15, -0.1) is 5.10 Å². The quantitative estimate of drug-likeness (QED) is 0.831. The van der Waals surface area contributed by atoms with Gasteiger partial charge in [-0.1, -0.05) is 11.4 Å². The average molecular weight is 302 g/mol. The summed E-state index contributed by atoms with van der Waals surface area (Å²) in [5.41, 5.74) is 1.65. The van der Waals surface area contributed by atoms with Crippen molar-refractivity contribution in [2.75, 3.05) is 5.32 Å². The highest BCUT2D eigenvalue weighted by Gasteiger charge is 2.27. The van der Waals surface area contributed by atoms with E-state index in [9.17, 15) is 14.4 Å². The minimum Gasteiger partial charge on any atom is -0.321 e. The van der Waals surface area contributed by atoms with Crippen molar-refractivity contribution < 1.29 is 14.4 Å². The molecule has 0 fully saturated rings. The van der Waals surface area contributed by atoms with E-state index in [1.165, 1.54) is 12.1 Å². The highest BCUT2D eigenvalue weighted by atomic mass is 32.1. The number of fused-ring (bicyclic) bond motifs is 1. The molecule has 0 saturated heterocycles. The van der Waals surface area contributed by atoms with E-state index < -0.39 is 11.8 Å². The van der Waals surface area contributed by atoms with Gasteiger partial charge in [-0.3, -0.25) is 19.7 Å². The van der Waals surface area contributed by atoms with Gasteiger partial charge in [0.25, 0.3) is 17.7 Å². The number of carbonyl (C=O) groups excluding carboxylic acids is 3. The van der Waals surface area contributed by atoms with Crippen LogP contribution in [0.1, 0.15) is 43.0 Å². The molecule has 21 heavy (non-hydrogen) atoms. The number of anilines is 1. The first-order valence-electron chi connectivity index (χ1n) is 6.22. The average Bonchev–Trinajstić information content (AvgIpc) is 3.04. The van der Waals surface area contributed by atoms with E-state index in [4.69, 9.17) is 0 Å². The van der Waals surface area contributed by atoms with Crippen LogP contribution in [0.25, 0.3) is 0 Å². The Balaban J connectivity index is 1.86. The molecular weight excluding hydrogens is 292 g/mol. The maximum absolute atomic E-state index is 12.2. The van der Waals surface area contributed by atoms with Crippen molar-refractivity contribution in [2.45, 2.75) is 13.3 Å². The van der Waals surface area contributed by atoms with Gasteiger partial charge in [0.05, 0.1) is 16.8 Å². The van der Waals surface area contributed by atoms with Gasteiger partial charge < -0.3 is 5.32 Å². The minimum absolute atomic E-state index is 0.260. The second kappa shape index (κ2) is 5.06. The number of amides is 3. The number of benzene rings is 1. The third-order valence-electron chi connectivity index (χ3n) is 3.09. The Morgan fingerprint density at radius 1 is 1.29 bits per heavy atom. The van der Waals surface area contributed by atoms with Crippen molar-refractivity contribution in [2.24, 2.45) is 0 Å². The molecule has 1 aromatic carbocycles. The summed E-state index contributed by atoms with van der Waals surface area (Å²) in [4.78, 5) is 35.6. The highest BCUT2D eigenvalue weighted by Crippen LogP contribution is 2.21. The normalized spacial score (nSPS) is 13.0. The molecule has 1 aromatic heterocycles. The monoisotopic (exact) mass is 302 g/mol. The molecule has 0 atom stereocenters. The number of hydrogen-bond acceptors (Lipinski definition) is 6. The van der Waals surface area contributed by atoms with E-state index in [0.29, 0.717) is 28.2 Å². The van der Waals surface area contributed by atoms with Crippen molar-refractivity contribution in [1.29, 1.82) is 0 Å². The molecule has 3 amide bonds. The number of nitrogens with zero attached hydrogens (tertiary/aromatic N) is 2.